The van der Waals surface area contributed by atoms with E-state index in [1.165, 1.54) is 10.9 Å². The molecule has 0 radical (unpaired) electrons. The minimum absolute atomic E-state index is 0.263. The summed E-state index contributed by atoms with van der Waals surface area (Å²) in [4.78, 5) is 11.6. The molecule has 5 heteroatoms. The average molecular weight is 265 g/mol. The molecule has 0 saturated carbocycles. The van der Waals surface area contributed by atoms with E-state index in [4.69, 9.17) is 16.3 Å². The van der Waals surface area contributed by atoms with Crippen LogP contribution < -0.4 is 0 Å². The van der Waals surface area contributed by atoms with Gasteiger partial charge in [0, 0.05) is 0 Å². The zero-order valence-corrected chi connectivity index (χ0v) is 10.9. The van der Waals surface area contributed by atoms with Crippen molar-refractivity contribution in [3.63, 3.8) is 0 Å². The SMILES string of the molecule is CCOC(=O)c1cnn(-c2cccc(C)c2)c1Cl. The van der Waals surface area contributed by atoms with Crippen LogP contribution in [-0.2, 0) is 4.74 Å². The van der Waals surface area contributed by atoms with Gasteiger partial charge in [-0.25, -0.2) is 9.48 Å². The summed E-state index contributed by atoms with van der Waals surface area (Å²) in [6.07, 6.45) is 1.42. The molecule has 0 spiro atoms. The molecule has 0 aliphatic carbocycles. The molecule has 1 aromatic carbocycles. The number of carbonyl (C=O) groups is 1. The fourth-order valence-electron chi connectivity index (χ4n) is 1.62. The van der Waals surface area contributed by atoms with E-state index in [0.29, 0.717) is 6.61 Å². The maximum atomic E-state index is 11.6. The Labute approximate surface area is 110 Å². The molecule has 1 aromatic heterocycles. The van der Waals surface area contributed by atoms with Crippen LogP contribution in [0, 0.1) is 6.92 Å². The highest BCUT2D eigenvalue weighted by Gasteiger charge is 2.17. The van der Waals surface area contributed by atoms with Crippen molar-refractivity contribution < 1.29 is 9.53 Å². The van der Waals surface area contributed by atoms with Gasteiger partial charge in [-0.05, 0) is 31.5 Å². The molecule has 0 aliphatic heterocycles. The molecule has 0 fully saturated rings. The quantitative estimate of drug-likeness (QED) is 0.801. The van der Waals surface area contributed by atoms with Crippen LogP contribution >= 0.6 is 11.6 Å². The molecule has 0 saturated heterocycles. The maximum absolute atomic E-state index is 11.6. The predicted molar refractivity (Wildman–Crippen MR) is 69.3 cm³/mol. The van der Waals surface area contributed by atoms with Crippen molar-refractivity contribution in [1.82, 2.24) is 9.78 Å². The number of nitrogens with zero attached hydrogens (tertiary/aromatic N) is 2. The normalized spacial score (nSPS) is 10.4. The fourth-order valence-corrected chi connectivity index (χ4v) is 1.89. The molecule has 0 aliphatic rings. The van der Waals surface area contributed by atoms with Crippen LogP contribution in [0.1, 0.15) is 22.8 Å². The van der Waals surface area contributed by atoms with Crippen LogP contribution in [0.5, 0.6) is 0 Å². The molecule has 4 nitrogen and oxygen atoms in total. The van der Waals surface area contributed by atoms with Gasteiger partial charge in [0.2, 0.25) is 0 Å². The summed E-state index contributed by atoms with van der Waals surface area (Å²) in [6, 6.07) is 7.70. The Balaban J connectivity index is 2.39. The van der Waals surface area contributed by atoms with E-state index in [1.54, 1.807) is 6.92 Å². The maximum Gasteiger partial charge on any atom is 0.342 e. The van der Waals surface area contributed by atoms with Gasteiger partial charge in [0.05, 0.1) is 18.5 Å². The zero-order valence-electron chi connectivity index (χ0n) is 10.2. The summed E-state index contributed by atoms with van der Waals surface area (Å²) in [5.74, 6) is -0.457. The number of carbonyl (C=O) groups excluding carboxylic acids is 1. The molecule has 0 unspecified atom stereocenters. The van der Waals surface area contributed by atoms with Crippen molar-refractivity contribution in [2.45, 2.75) is 13.8 Å². The number of halogens is 1. The van der Waals surface area contributed by atoms with Gasteiger partial charge in [0.1, 0.15) is 10.7 Å². The van der Waals surface area contributed by atoms with Crippen molar-refractivity contribution in [1.29, 1.82) is 0 Å². The Hall–Kier alpha value is -1.81. The highest BCUT2D eigenvalue weighted by Crippen LogP contribution is 2.21. The third kappa shape index (κ3) is 2.38. The van der Waals surface area contributed by atoms with Crippen molar-refractivity contribution in [3.8, 4) is 5.69 Å². The number of hydrogen-bond acceptors (Lipinski definition) is 3. The molecule has 0 atom stereocenters. The minimum atomic E-state index is -0.457. The number of ether oxygens (including phenoxy) is 1. The lowest BCUT2D eigenvalue weighted by atomic mass is 10.2. The Morgan fingerprint density at radius 3 is 2.94 bits per heavy atom. The molecule has 0 bridgehead atoms. The van der Waals surface area contributed by atoms with E-state index in [2.05, 4.69) is 5.10 Å². The van der Waals surface area contributed by atoms with Crippen LogP contribution in [-0.4, -0.2) is 22.4 Å². The first kappa shape index (κ1) is 12.6. The monoisotopic (exact) mass is 264 g/mol. The Morgan fingerprint density at radius 1 is 1.50 bits per heavy atom. The third-order valence-electron chi connectivity index (χ3n) is 2.45. The van der Waals surface area contributed by atoms with E-state index < -0.39 is 5.97 Å². The first-order chi connectivity index (χ1) is 8.63. The summed E-state index contributed by atoms with van der Waals surface area (Å²) in [5.41, 5.74) is 2.19. The number of esters is 1. The van der Waals surface area contributed by atoms with Crippen LogP contribution in [0.4, 0.5) is 0 Å². The zero-order chi connectivity index (χ0) is 13.1. The van der Waals surface area contributed by atoms with E-state index in [0.717, 1.165) is 11.3 Å². The van der Waals surface area contributed by atoms with Gasteiger partial charge >= 0.3 is 5.97 Å². The van der Waals surface area contributed by atoms with Gasteiger partial charge in [-0.2, -0.15) is 5.10 Å². The van der Waals surface area contributed by atoms with E-state index in [1.807, 2.05) is 31.2 Å². The van der Waals surface area contributed by atoms with E-state index in [-0.39, 0.29) is 10.7 Å². The molecule has 94 valence electrons. The summed E-state index contributed by atoms with van der Waals surface area (Å²) < 4.78 is 6.42. The third-order valence-corrected chi connectivity index (χ3v) is 2.82. The smallest absolute Gasteiger partial charge is 0.342 e. The van der Waals surface area contributed by atoms with Gasteiger partial charge in [0.25, 0.3) is 0 Å². The van der Waals surface area contributed by atoms with Gasteiger partial charge < -0.3 is 4.74 Å². The van der Waals surface area contributed by atoms with Gasteiger partial charge in [-0.15, -0.1) is 0 Å². The standard InChI is InChI=1S/C13H13ClN2O2/c1-3-18-13(17)11-8-15-16(12(11)14)10-6-4-5-9(2)7-10/h4-8H,3H2,1-2H3. The number of aryl methyl sites for hydroxylation is 1. The lowest BCUT2D eigenvalue weighted by Crippen LogP contribution is -2.04. The van der Waals surface area contributed by atoms with Crippen LogP contribution in [0.25, 0.3) is 5.69 Å². The number of hydrogen-bond donors (Lipinski definition) is 0. The summed E-state index contributed by atoms with van der Waals surface area (Å²) in [7, 11) is 0. The highest BCUT2D eigenvalue weighted by molar-refractivity contribution is 6.32. The van der Waals surface area contributed by atoms with E-state index >= 15 is 0 Å². The largest absolute Gasteiger partial charge is 0.462 e. The first-order valence-corrected chi connectivity index (χ1v) is 5.99. The molecular weight excluding hydrogens is 252 g/mol. The number of rotatable bonds is 3. The van der Waals surface area contributed by atoms with Crippen molar-refractivity contribution in [2.24, 2.45) is 0 Å². The topological polar surface area (TPSA) is 44.1 Å². The number of benzene rings is 1. The molecule has 2 aromatic rings. The van der Waals surface area contributed by atoms with Crippen LogP contribution in [0.15, 0.2) is 30.5 Å². The van der Waals surface area contributed by atoms with Gasteiger partial charge in [-0.3, -0.25) is 0 Å². The predicted octanol–water partition coefficient (Wildman–Crippen LogP) is 3.01. The molecule has 1 heterocycles. The second-order valence-corrected chi connectivity index (χ2v) is 4.18. The molecule has 0 N–H and O–H groups in total. The molecule has 18 heavy (non-hydrogen) atoms. The highest BCUT2D eigenvalue weighted by atomic mass is 35.5. The molecule has 2 rings (SSSR count). The Kier molecular flexibility index (Phi) is 3.67. The van der Waals surface area contributed by atoms with Crippen molar-refractivity contribution >= 4 is 17.6 Å². The average Bonchev–Trinajstić information content (AvgIpc) is 2.71. The van der Waals surface area contributed by atoms with Crippen molar-refractivity contribution in [2.75, 3.05) is 6.61 Å². The molecular formula is C13H13ClN2O2. The van der Waals surface area contributed by atoms with Crippen molar-refractivity contribution in [3.05, 3.63) is 46.7 Å². The Morgan fingerprint density at radius 2 is 2.28 bits per heavy atom. The fraction of sp³-hybridized carbons (Fsp3) is 0.231. The van der Waals surface area contributed by atoms with Crippen LogP contribution in [0.3, 0.4) is 0 Å². The van der Waals surface area contributed by atoms with Gasteiger partial charge in [0.15, 0.2) is 0 Å². The summed E-state index contributed by atoms with van der Waals surface area (Å²) >= 11 is 6.14. The number of aromatic nitrogens is 2. The Bertz CT molecular complexity index is 578. The minimum Gasteiger partial charge on any atom is -0.462 e. The second-order valence-electron chi connectivity index (χ2n) is 3.82. The van der Waals surface area contributed by atoms with E-state index in [9.17, 15) is 4.79 Å². The lowest BCUT2D eigenvalue weighted by Gasteiger charge is -2.04. The van der Waals surface area contributed by atoms with Crippen LogP contribution in [0.2, 0.25) is 5.15 Å². The lowest BCUT2D eigenvalue weighted by molar-refractivity contribution is 0.0526. The summed E-state index contributed by atoms with van der Waals surface area (Å²) in [6.45, 7) is 4.04. The molecule has 0 amide bonds. The first-order valence-electron chi connectivity index (χ1n) is 5.61. The van der Waals surface area contributed by atoms with Gasteiger partial charge in [-0.1, -0.05) is 23.7 Å². The second kappa shape index (κ2) is 5.23. The summed E-state index contributed by atoms with van der Waals surface area (Å²) in [5, 5.41) is 4.38.